The van der Waals surface area contributed by atoms with E-state index in [4.69, 9.17) is 8.85 Å². The first-order valence-corrected chi connectivity index (χ1v) is 7.10. The van der Waals surface area contributed by atoms with Gasteiger partial charge in [-0.2, -0.15) is 0 Å². The van der Waals surface area contributed by atoms with Crippen molar-refractivity contribution in [2.75, 3.05) is 13.3 Å². The zero-order valence-corrected chi connectivity index (χ0v) is 11.3. The highest BCUT2D eigenvalue weighted by Crippen LogP contribution is 2.34. The molecule has 0 saturated carbocycles. The maximum Gasteiger partial charge on any atom is 0.133 e. The molecule has 3 rings (SSSR count). The van der Waals surface area contributed by atoms with Crippen molar-refractivity contribution >= 4 is 22.5 Å². The fraction of sp³-hybridized carbons (Fsp3) is 0.375. The summed E-state index contributed by atoms with van der Waals surface area (Å²) in [7, 11) is 1.59. The van der Waals surface area contributed by atoms with Crippen molar-refractivity contribution in [3.05, 3.63) is 35.4 Å². The highest BCUT2D eigenvalue weighted by molar-refractivity contribution is 7.98. The van der Waals surface area contributed by atoms with Crippen molar-refractivity contribution in [2.45, 2.75) is 30.6 Å². The minimum absolute atomic E-state index is 0.638. The molecule has 0 aliphatic heterocycles. The summed E-state index contributed by atoms with van der Waals surface area (Å²) in [6, 6.07) is 8.35. The Morgan fingerprint density at radius 3 is 2.33 bits per heavy atom. The Kier molecular flexibility index (Phi) is 2.39. The van der Waals surface area contributed by atoms with Crippen LogP contribution in [0.2, 0.25) is 0 Å². The van der Waals surface area contributed by atoms with Crippen molar-refractivity contribution < 1.29 is 8.85 Å². The van der Waals surface area contributed by atoms with E-state index in [1.165, 1.54) is 24.0 Å². The van der Waals surface area contributed by atoms with Crippen LogP contribution in [0.4, 0.5) is 0 Å². The second-order valence-corrected chi connectivity index (χ2v) is 5.42. The Morgan fingerprint density at radius 1 is 1.06 bits per heavy atom. The lowest BCUT2D eigenvalue weighted by Gasteiger charge is -2.17. The molecule has 0 spiro atoms. The average Bonchev–Trinajstić information content (AvgIpc) is 2.42. The Labute approximate surface area is 117 Å². The van der Waals surface area contributed by atoms with Crippen LogP contribution in [0, 0.1) is 0 Å². The molecule has 0 aromatic heterocycles. The van der Waals surface area contributed by atoms with E-state index < -0.39 is 6.18 Å². The molecular weight excluding hydrogens is 241 g/mol. The fourth-order valence-corrected chi connectivity index (χ4v) is 3.17. The molecule has 1 aliphatic carbocycles. The van der Waals surface area contributed by atoms with Gasteiger partial charge in [0.05, 0.1) is 7.11 Å². The van der Waals surface area contributed by atoms with Gasteiger partial charge in [-0.3, -0.25) is 0 Å². The first kappa shape index (κ1) is 8.87. The summed E-state index contributed by atoms with van der Waals surface area (Å²) in [4.78, 5) is 0.681. The van der Waals surface area contributed by atoms with Gasteiger partial charge in [0.1, 0.15) is 5.75 Å². The van der Waals surface area contributed by atoms with Gasteiger partial charge in [-0.25, -0.2) is 0 Å². The van der Waals surface area contributed by atoms with Crippen LogP contribution in [0.1, 0.15) is 28.1 Å². The molecule has 1 aliphatic rings. The van der Waals surface area contributed by atoms with Crippen LogP contribution in [0.15, 0.2) is 29.2 Å². The van der Waals surface area contributed by atoms with Crippen molar-refractivity contribution in [3.8, 4) is 5.75 Å². The van der Waals surface area contributed by atoms with Crippen LogP contribution in [-0.2, 0) is 12.8 Å². The lowest BCUT2D eigenvalue weighted by atomic mass is 9.89. The summed E-state index contributed by atoms with van der Waals surface area (Å²) < 4.78 is 27.7. The second kappa shape index (κ2) is 4.85. The van der Waals surface area contributed by atoms with Gasteiger partial charge in [-0.05, 0) is 65.9 Å². The molecule has 0 saturated heterocycles. The second-order valence-electron chi connectivity index (χ2n) is 4.78. The molecule has 0 unspecified atom stereocenters. The van der Waals surface area contributed by atoms with Crippen LogP contribution >= 0.6 is 11.8 Å². The van der Waals surface area contributed by atoms with Crippen molar-refractivity contribution in [1.29, 1.82) is 0 Å². The molecule has 0 fully saturated rings. The third kappa shape index (κ3) is 1.99. The van der Waals surface area contributed by atoms with Crippen LogP contribution < -0.4 is 4.74 Å². The number of methoxy groups -OCH3 is 1. The minimum atomic E-state index is -2.06. The first-order chi connectivity index (χ1) is 9.96. The average molecular weight is 259 g/mol. The Balaban J connectivity index is 2.12. The Morgan fingerprint density at radius 2 is 1.72 bits per heavy atom. The predicted octanol–water partition coefficient (Wildman–Crippen LogP) is 4.45. The molecule has 2 aromatic rings. The van der Waals surface area contributed by atoms with Gasteiger partial charge in [0.25, 0.3) is 0 Å². The number of hydrogen-bond acceptors (Lipinski definition) is 2. The first-order valence-electron chi connectivity index (χ1n) is 7.79. The molecule has 0 bridgehead atoms. The molecule has 94 valence electrons. The number of benzene rings is 2. The van der Waals surface area contributed by atoms with E-state index in [0.29, 0.717) is 10.6 Å². The highest BCUT2D eigenvalue weighted by Gasteiger charge is 2.12. The maximum absolute atomic E-state index is 7.44. The lowest BCUT2D eigenvalue weighted by molar-refractivity contribution is 0.405. The summed E-state index contributed by atoms with van der Waals surface area (Å²) in [5.41, 5.74) is 2.83. The Hall–Kier alpha value is -1.15. The molecule has 1 nitrogen and oxygen atoms in total. The van der Waals surface area contributed by atoms with Crippen LogP contribution in [0.25, 0.3) is 10.8 Å². The highest BCUT2D eigenvalue weighted by atomic mass is 32.2. The number of aryl methyl sites for hydroxylation is 2. The van der Waals surface area contributed by atoms with E-state index in [9.17, 15) is 0 Å². The molecule has 18 heavy (non-hydrogen) atoms. The van der Waals surface area contributed by atoms with Gasteiger partial charge in [-0.1, -0.05) is 12.1 Å². The third-order valence-corrected chi connectivity index (χ3v) is 4.23. The van der Waals surface area contributed by atoms with Gasteiger partial charge in [0, 0.05) is 9.01 Å². The van der Waals surface area contributed by atoms with E-state index in [1.807, 2.05) is 12.1 Å². The number of rotatable bonds is 2. The van der Waals surface area contributed by atoms with E-state index in [2.05, 4.69) is 12.1 Å². The maximum atomic E-state index is 7.44. The van der Waals surface area contributed by atoms with Crippen LogP contribution in [0.3, 0.4) is 0 Å². The smallest absolute Gasteiger partial charge is 0.133 e. The zero-order chi connectivity index (χ0) is 15.0. The summed E-state index contributed by atoms with van der Waals surface area (Å²) in [5.74, 6) is 0.638. The lowest BCUT2D eigenvalue weighted by Crippen LogP contribution is -2.02. The SMILES string of the molecule is [1H][13C]([1H])([1H])Sc1cc2cc3c(cc2cc1OC)CCCC3. The summed E-state index contributed by atoms with van der Waals surface area (Å²) in [6.07, 6.45) is 2.70. The number of thioether (sulfide) groups is 1. The van der Waals surface area contributed by atoms with Crippen molar-refractivity contribution in [3.63, 3.8) is 0 Å². The van der Waals surface area contributed by atoms with Gasteiger partial charge < -0.3 is 4.74 Å². The largest absolute Gasteiger partial charge is 0.496 e. The normalized spacial score (nSPS) is 17.7. The Bertz CT molecular complexity index is 679. The van der Waals surface area contributed by atoms with Crippen LogP contribution in [-0.4, -0.2) is 13.3 Å². The number of ether oxygens (including phenoxy) is 1. The molecule has 0 N–H and O–H groups in total. The quantitative estimate of drug-likeness (QED) is 0.582. The van der Waals surface area contributed by atoms with Gasteiger partial charge in [0.15, 0.2) is 0 Å². The number of hydrogen-bond donors (Lipinski definition) is 0. The van der Waals surface area contributed by atoms with E-state index in [-0.39, 0.29) is 0 Å². The van der Waals surface area contributed by atoms with E-state index >= 15 is 0 Å². The van der Waals surface area contributed by atoms with E-state index in [1.54, 1.807) is 7.11 Å². The third-order valence-electron chi connectivity index (χ3n) is 3.69. The fourth-order valence-electron chi connectivity index (χ4n) is 2.74. The van der Waals surface area contributed by atoms with Gasteiger partial charge >= 0.3 is 0 Å². The van der Waals surface area contributed by atoms with E-state index in [0.717, 1.165) is 35.4 Å². The summed E-state index contributed by atoms with van der Waals surface area (Å²) >= 11 is 0.879. The topological polar surface area (TPSA) is 9.23 Å². The van der Waals surface area contributed by atoms with Crippen molar-refractivity contribution in [1.82, 2.24) is 0 Å². The predicted molar refractivity (Wildman–Crippen MR) is 78.9 cm³/mol. The van der Waals surface area contributed by atoms with Crippen LogP contribution in [0.5, 0.6) is 5.75 Å². The standard InChI is InChI=1S/C16H18OS/c1-17-15-9-13-7-11-5-3-4-6-12(11)8-14(13)10-16(15)18-2/h7-10H,3-6H2,1-2H3/i2+1H3. The molecule has 2 heteroatoms. The monoisotopic (exact) mass is 259 g/mol. The molecule has 0 amide bonds. The molecule has 2 aromatic carbocycles. The van der Waals surface area contributed by atoms with Gasteiger partial charge in [-0.15, -0.1) is 11.8 Å². The summed E-state index contributed by atoms with van der Waals surface area (Å²) in [5, 5.41) is 2.23. The summed E-state index contributed by atoms with van der Waals surface area (Å²) in [6.45, 7) is 0. The minimum Gasteiger partial charge on any atom is -0.496 e. The van der Waals surface area contributed by atoms with Crippen molar-refractivity contribution in [2.24, 2.45) is 0 Å². The molecule has 0 radical (unpaired) electrons. The molecule has 0 atom stereocenters. The molecule has 0 heterocycles. The zero-order valence-electron chi connectivity index (χ0n) is 13.5. The molecular formula is C16H18OS. The number of fused-ring (bicyclic) bond motifs is 2. The van der Waals surface area contributed by atoms with Gasteiger partial charge in [0.2, 0.25) is 0 Å².